The van der Waals surface area contributed by atoms with E-state index in [2.05, 4.69) is 0 Å². The van der Waals surface area contributed by atoms with E-state index in [0.717, 1.165) is 67.5 Å². The Kier molecular flexibility index (Phi) is 18.1. The molecule has 2 atom stereocenters. The number of aryl methyl sites for hydroxylation is 3. The largest absolute Gasteiger partial charge is 0.486 e. The highest BCUT2D eigenvalue weighted by Crippen LogP contribution is 2.41. The van der Waals surface area contributed by atoms with Gasteiger partial charge in [-0.15, -0.1) is 0 Å². The van der Waals surface area contributed by atoms with Crippen LogP contribution in [0.5, 0.6) is 23.0 Å². The summed E-state index contributed by atoms with van der Waals surface area (Å²) in [6.45, 7) is 11.3. The summed E-state index contributed by atoms with van der Waals surface area (Å²) in [7, 11) is 0. The molecule has 12 nitrogen and oxygen atoms in total. The van der Waals surface area contributed by atoms with Crippen molar-refractivity contribution in [2.75, 3.05) is 39.6 Å². The Balaban J connectivity index is 0.000000210. The molecule has 2 aliphatic rings. The first-order valence-corrected chi connectivity index (χ1v) is 23.7. The van der Waals surface area contributed by atoms with Gasteiger partial charge in [0, 0.05) is 16.7 Å². The van der Waals surface area contributed by atoms with E-state index in [1.165, 1.54) is 6.92 Å². The number of aliphatic hydroxyl groups is 2. The lowest BCUT2D eigenvalue weighted by atomic mass is 9.84. The highest BCUT2D eigenvalue weighted by molar-refractivity contribution is 5.83. The van der Waals surface area contributed by atoms with Gasteiger partial charge in [0.2, 0.25) is 0 Å². The molecule has 0 saturated carbocycles. The van der Waals surface area contributed by atoms with Gasteiger partial charge in [-0.1, -0.05) is 91.0 Å². The van der Waals surface area contributed by atoms with Gasteiger partial charge in [0.15, 0.2) is 34.6 Å². The van der Waals surface area contributed by atoms with Crippen molar-refractivity contribution in [3.63, 3.8) is 0 Å². The third-order valence-corrected chi connectivity index (χ3v) is 12.9. The molecule has 2 aliphatic heterocycles. The van der Waals surface area contributed by atoms with E-state index in [1.807, 2.05) is 119 Å². The Morgan fingerprint density at radius 2 is 1.05 bits per heavy atom. The number of carbonyl (C=O) groups excluding carboxylic acids is 1. The lowest BCUT2D eigenvalue weighted by molar-refractivity contribution is -0.150. The quantitative estimate of drug-likeness (QED) is 0.0513. The number of carboxylic acids is 2. The van der Waals surface area contributed by atoms with Crippen LogP contribution in [0.3, 0.4) is 0 Å². The zero-order chi connectivity index (χ0) is 53.0. The molecule has 8 rings (SSSR count). The van der Waals surface area contributed by atoms with Gasteiger partial charge in [-0.3, -0.25) is 14.4 Å². The minimum Gasteiger partial charge on any atom is -0.486 e. The number of carbonyl (C=O) groups is 3. The molecule has 0 aliphatic carbocycles. The Morgan fingerprint density at radius 1 is 0.589 bits per heavy atom. The zero-order valence-electron chi connectivity index (χ0n) is 41.8. The average Bonchev–Trinajstić information content (AvgIpc) is 3.39. The first-order valence-electron chi connectivity index (χ1n) is 23.7. The van der Waals surface area contributed by atoms with Crippen molar-refractivity contribution < 1.29 is 62.5 Å². The second-order valence-electron chi connectivity index (χ2n) is 18.4. The fourth-order valence-corrected chi connectivity index (χ4v) is 7.87. The molecule has 73 heavy (non-hydrogen) atoms. The predicted octanol–water partition coefficient (Wildman–Crippen LogP) is 10.7. The summed E-state index contributed by atoms with van der Waals surface area (Å²) in [6.07, 6.45) is 9.73. The zero-order valence-corrected chi connectivity index (χ0v) is 41.8. The number of rotatable bonds is 14. The summed E-state index contributed by atoms with van der Waals surface area (Å²) in [5.41, 5.74) is 14.6. The number of fused-ring (bicyclic) bond motifs is 2. The number of aliphatic carboxylic acids is 2. The summed E-state index contributed by atoms with van der Waals surface area (Å²) in [6, 6.07) is 30.2. The summed E-state index contributed by atoms with van der Waals surface area (Å²) in [4.78, 5) is 32.5. The first-order chi connectivity index (χ1) is 34.8. The van der Waals surface area contributed by atoms with Gasteiger partial charge in [-0.2, -0.15) is 0 Å². The van der Waals surface area contributed by atoms with Gasteiger partial charge in [0.05, 0.1) is 18.6 Å². The van der Waals surface area contributed by atoms with E-state index in [0.29, 0.717) is 67.5 Å². The molecule has 382 valence electrons. The average molecular weight is 998 g/mol. The van der Waals surface area contributed by atoms with Crippen LogP contribution in [0.25, 0.3) is 46.6 Å². The van der Waals surface area contributed by atoms with Gasteiger partial charge >= 0.3 is 11.9 Å². The van der Waals surface area contributed by atoms with E-state index in [4.69, 9.17) is 34.9 Å². The molecule has 0 aromatic heterocycles. The smallest absolute Gasteiger partial charge is 0.325 e. The van der Waals surface area contributed by atoms with Crippen LogP contribution in [0.4, 0.5) is 8.78 Å². The van der Waals surface area contributed by atoms with Crippen molar-refractivity contribution >= 4 is 42.5 Å². The number of aldehydes is 1. The molecule has 6 aromatic carbocycles. The van der Waals surface area contributed by atoms with Gasteiger partial charge in [-0.25, -0.2) is 8.78 Å². The maximum absolute atomic E-state index is 15.3. The lowest BCUT2D eigenvalue weighted by Crippen LogP contribution is -2.48. The Labute approximate surface area is 424 Å². The Bertz CT molecular complexity index is 3050. The summed E-state index contributed by atoms with van der Waals surface area (Å²) >= 11 is 0. The third kappa shape index (κ3) is 13.1. The van der Waals surface area contributed by atoms with Crippen molar-refractivity contribution in [2.45, 2.75) is 59.9 Å². The predicted molar refractivity (Wildman–Crippen MR) is 279 cm³/mol. The lowest BCUT2D eigenvalue weighted by Gasteiger charge is -2.22. The normalized spacial score (nSPS) is 14.2. The van der Waals surface area contributed by atoms with Gasteiger partial charge in [0.25, 0.3) is 0 Å². The molecular formula is C59H61F2NO11. The van der Waals surface area contributed by atoms with Crippen LogP contribution in [-0.2, 0) is 16.0 Å². The minimum absolute atomic E-state index is 0.159. The van der Waals surface area contributed by atoms with Crippen molar-refractivity contribution in [1.82, 2.24) is 0 Å². The van der Waals surface area contributed by atoms with Crippen LogP contribution in [0.1, 0.15) is 80.7 Å². The van der Waals surface area contributed by atoms with Crippen LogP contribution < -0.4 is 24.7 Å². The second-order valence-corrected chi connectivity index (χ2v) is 18.4. The summed E-state index contributed by atoms with van der Waals surface area (Å²) in [5, 5.41) is 35.4. The maximum Gasteiger partial charge on any atom is 0.325 e. The molecular weight excluding hydrogens is 937 g/mol. The van der Waals surface area contributed by atoms with Crippen LogP contribution in [0.2, 0.25) is 0 Å². The molecule has 14 heteroatoms. The monoisotopic (exact) mass is 997 g/mol. The van der Waals surface area contributed by atoms with Crippen molar-refractivity contribution in [3.8, 4) is 45.3 Å². The number of halogens is 2. The fourth-order valence-electron chi connectivity index (χ4n) is 7.87. The number of aliphatic hydroxyl groups excluding tert-OH is 2. The third-order valence-electron chi connectivity index (χ3n) is 12.9. The van der Waals surface area contributed by atoms with Crippen LogP contribution >= 0.6 is 0 Å². The standard InChI is InChI=1S/C30H31FO5.C25H21FO3.C4H9NO3/c1-19-7-8-21(13-14-30(3,18-32)29(33)34)17-23(19)10-9-22-5-4-6-24(20(22)2)25-11-12-26-28(27(25)31)36-16-15-35-26;1-16-6-7-18(15-27)14-20(16)9-8-19-4-3-5-21(17(19)2)22-10-11-23-25(24(22)26)29-13-12-28-23;1-4(5,2-6)3(7)8/h4-12,17,32H,13-16,18H2,1-3H3,(H,33,34);3-11,14-15H,12-13H2,1-2H3;6H,2,5H2,1H3,(H,7,8)/b10-9+;9-8+;/t30-;;4-/m0.0/s1. The van der Waals surface area contributed by atoms with Crippen LogP contribution in [-0.4, -0.2) is 83.8 Å². The van der Waals surface area contributed by atoms with Crippen molar-refractivity contribution in [3.05, 3.63) is 164 Å². The summed E-state index contributed by atoms with van der Waals surface area (Å²) < 4.78 is 52.3. The minimum atomic E-state index is -1.49. The Hall–Kier alpha value is -7.65. The number of benzene rings is 6. The number of hydrogen-bond acceptors (Lipinski definition) is 10. The van der Waals surface area contributed by atoms with Crippen LogP contribution in [0, 0.1) is 44.7 Å². The van der Waals surface area contributed by atoms with Gasteiger partial charge < -0.3 is 45.1 Å². The fraction of sp³-hybridized carbons (Fsp3) is 0.271. The molecule has 0 saturated heterocycles. The van der Waals surface area contributed by atoms with Gasteiger partial charge in [-0.05, 0) is 146 Å². The van der Waals surface area contributed by atoms with Gasteiger partial charge in [0.1, 0.15) is 38.3 Å². The molecule has 0 fully saturated rings. The molecule has 2 heterocycles. The van der Waals surface area contributed by atoms with E-state index < -0.39 is 47.7 Å². The molecule has 6 N–H and O–H groups in total. The van der Waals surface area contributed by atoms with E-state index in [9.17, 15) is 24.6 Å². The maximum atomic E-state index is 15.3. The van der Waals surface area contributed by atoms with E-state index >= 15 is 8.78 Å². The topological polar surface area (TPSA) is 195 Å². The molecule has 6 aromatic rings. The SMILES string of the molecule is C[C@](N)(CO)C(=O)O.Cc1ccc(C=O)cc1/C=C/c1cccc(-c2ccc3c(c2F)OCCO3)c1C.Cc1ccc(CC[C@@](C)(CO)C(=O)O)cc1/C=C/c1cccc(-c2ccc3c(c2F)OCCO3)c1C. The summed E-state index contributed by atoms with van der Waals surface area (Å²) in [5.74, 6) is -1.81. The second kappa shape index (κ2) is 24.2. The highest BCUT2D eigenvalue weighted by atomic mass is 19.1. The molecule has 0 radical (unpaired) electrons. The Morgan fingerprint density at radius 3 is 1.49 bits per heavy atom. The number of hydrogen-bond donors (Lipinski definition) is 5. The van der Waals surface area contributed by atoms with Crippen LogP contribution in [0.15, 0.2) is 97.1 Å². The molecule has 0 amide bonds. The van der Waals surface area contributed by atoms with E-state index in [1.54, 1.807) is 37.3 Å². The first kappa shape index (κ1) is 54.7. The molecule has 0 bridgehead atoms. The molecule has 0 spiro atoms. The highest BCUT2D eigenvalue weighted by Gasteiger charge is 2.32. The van der Waals surface area contributed by atoms with Crippen molar-refractivity contribution in [1.29, 1.82) is 0 Å². The number of carboxylic acid groups (broad SMARTS) is 2. The number of ether oxygens (including phenoxy) is 4. The molecule has 0 unspecified atom stereocenters. The number of nitrogens with two attached hydrogens (primary N) is 1. The van der Waals surface area contributed by atoms with Crippen molar-refractivity contribution in [2.24, 2.45) is 11.1 Å². The van der Waals surface area contributed by atoms with E-state index in [-0.39, 0.29) is 11.5 Å².